The van der Waals surface area contributed by atoms with Gasteiger partial charge in [-0.05, 0) is 17.2 Å². The van der Waals surface area contributed by atoms with Gasteiger partial charge < -0.3 is 20.4 Å². The van der Waals surface area contributed by atoms with E-state index in [0.29, 0.717) is 18.8 Å². The molecule has 0 amide bonds. The lowest BCUT2D eigenvalue weighted by atomic mass is 9.98. The fraction of sp³-hybridized carbons (Fsp3) is 0.267. The van der Waals surface area contributed by atoms with Gasteiger partial charge in [-0.15, -0.1) is 0 Å². The second-order valence-corrected chi connectivity index (χ2v) is 4.66. The predicted molar refractivity (Wildman–Crippen MR) is 75.7 cm³/mol. The molecule has 1 aliphatic heterocycles. The van der Waals surface area contributed by atoms with Crippen molar-refractivity contribution in [2.75, 3.05) is 13.2 Å². The second-order valence-electron chi connectivity index (χ2n) is 4.66. The number of fused-ring (bicyclic) bond motifs is 1. The van der Waals surface area contributed by atoms with E-state index in [1.165, 1.54) is 0 Å². The minimum absolute atomic E-state index is 0.0956. The van der Waals surface area contributed by atoms with Crippen molar-refractivity contribution >= 4 is 16.6 Å². The number of nitrogens with zero attached hydrogens (tertiary/aromatic N) is 1. The number of oxime groups is 1. The molecule has 1 fully saturated rings. The fourth-order valence-corrected chi connectivity index (χ4v) is 2.47. The summed E-state index contributed by atoms with van der Waals surface area (Å²) < 4.78 is 11.3. The van der Waals surface area contributed by atoms with Crippen LogP contribution in [0.3, 0.4) is 0 Å². The fourth-order valence-electron chi connectivity index (χ4n) is 2.47. The van der Waals surface area contributed by atoms with Crippen molar-refractivity contribution in [1.29, 1.82) is 0 Å². The zero-order chi connectivity index (χ0) is 13.9. The number of ether oxygens (including phenoxy) is 2. The number of rotatable bonds is 2. The first-order valence-corrected chi connectivity index (χ1v) is 6.54. The molecule has 0 saturated carbocycles. The molecule has 5 nitrogen and oxygen atoms in total. The SMILES string of the molecule is N/C(=N\O)c1ccc(C2OCCCO2)c2ccccc12. The largest absolute Gasteiger partial charge is 0.409 e. The van der Waals surface area contributed by atoms with Crippen LogP contribution in [0.4, 0.5) is 0 Å². The van der Waals surface area contributed by atoms with E-state index in [2.05, 4.69) is 5.16 Å². The standard InChI is InChI=1S/C15H16N2O3/c16-14(17-18)12-6-7-13(15-19-8-3-9-20-15)11-5-2-1-4-10(11)12/h1-2,4-7,15,18H,3,8-9H2,(H2,16,17). The molecule has 1 saturated heterocycles. The lowest BCUT2D eigenvalue weighted by Gasteiger charge is -2.25. The summed E-state index contributed by atoms with van der Waals surface area (Å²) in [6.07, 6.45) is 0.561. The maximum absolute atomic E-state index is 8.88. The van der Waals surface area contributed by atoms with E-state index in [-0.39, 0.29) is 12.1 Å². The molecule has 0 unspecified atom stereocenters. The van der Waals surface area contributed by atoms with Gasteiger partial charge in [-0.3, -0.25) is 0 Å². The highest BCUT2D eigenvalue weighted by Gasteiger charge is 2.20. The van der Waals surface area contributed by atoms with Gasteiger partial charge in [-0.25, -0.2) is 0 Å². The van der Waals surface area contributed by atoms with Gasteiger partial charge in [-0.1, -0.05) is 41.6 Å². The van der Waals surface area contributed by atoms with Crippen molar-refractivity contribution in [3.05, 3.63) is 47.5 Å². The molecule has 2 aromatic rings. The second kappa shape index (κ2) is 5.48. The van der Waals surface area contributed by atoms with Crippen LogP contribution in [0.25, 0.3) is 10.8 Å². The summed E-state index contributed by atoms with van der Waals surface area (Å²) in [6, 6.07) is 11.5. The Balaban J connectivity index is 2.15. The van der Waals surface area contributed by atoms with Crippen molar-refractivity contribution in [2.24, 2.45) is 10.9 Å². The van der Waals surface area contributed by atoms with E-state index in [4.69, 9.17) is 20.4 Å². The molecule has 20 heavy (non-hydrogen) atoms. The molecular formula is C15H16N2O3. The van der Waals surface area contributed by atoms with E-state index in [1.807, 2.05) is 36.4 Å². The Labute approximate surface area is 116 Å². The smallest absolute Gasteiger partial charge is 0.184 e. The Morgan fingerprint density at radius 1 is 1.10 bits per heavy atom. The summed E-state index contributed by atoms with van der Waals surface area (Å²) in [4.78, 5) is 0. The first-order chi connectivity index (χ1) is 9.81. The zero-order valence-corrected chi connectivity index (χ0v) is 11.0. The van der Waals surface area contributed by atoms with E-state index in [9.17, 15) is 0 Å². The summed E-state index contributed by atoms with van der Waals surface area (Å²) in [7, 11) is 0. The maximum Gasteiger partial charge on any atom is 0.184 e. The van der Waals surface area contributed by atoms with E-state index >= 15 is 0 Å². The molecule has 0 aromatic heterocycles. The van der Waals surface area contributed by atoms with Crippen LogP contribution in [0.5, 0.6) is 0 Å². The van der Waals surface area contributed by atoms with Crippen molar-refractivity contribution in [2.45, 2.75) is 12.7 Å². The van der Waals surface area contributed by atoms with Crippen molar-refractivity contribution in [3.8, 4) is 0 Å². The third kappa shape index (κ3) is 2.21. The Bertz CT molecular complexity index is 649. The first-order valence-electron chi connectivity index (χ1n) is 6.54. The molecular weight excluding hydrogens is 256 g/mol. The number of benzene rings is 2. The predicted octanol–water partition coefficient (Wildman–Crippen LogP) is 2.37. The third-order valence-electron chi connectivity index (χ3n) is 3.42. The minimum atomic E-state index is -0.352. The summed E-state index contributed by atoms with van der Waals surface area (Å²) in [6.45, 7) is 1.39. The summed E-state index contributed by atoms with van der Waals surface area (Å²) in [5.74, 6) is 0.0956. The van der Waals surface area contributed by atoms with Crippen LogP contribution in [0.1, 0.15) is 23.8 Å². The molecule has 0 bridgehead atoms. The van der Waals surface area contributed by atoms with Crippen LogP contribution in [0, 0.1) is 0 Å². The van der Waals surface area contributed by atoms with Gasteiger partial charge in [0, 0.05) is 11.1 Å². The molecule has 5 heteroatoms. The van der Waals surface area contributed by atoms with Crippen LogP contribution < -0.4 is 5.73 Å². The Hall–Kier alpha value is -2.11. The lowest BCUT2D eigenvalue weighted by Crippen LogP contribution is -2.19. The van der Waals surface area contributed by atoms with Crippen LogP contribution in [-0.4, -0.2) is 24.3 Å². The molecule has 0 spiro atoms. The summed E-state index contributed by atoms with van der Waals surface area (Å²) >= 11 is 0. The average molecular weight is 272 g/mol. The van der Waals surface area contributed by atoms with E-state index in [0.717, 1.165) is 22.8 Å². The van der Waals surface area contributed by atoms with E-state index < -0.39 is 0 Å². The maximum atomic E-state index is 8.88. The molecule has 3 rings (SSSR count). The van der Waals surface area contributed by atoms with Crippen molar-refractivity contribution in [3.63, 3.8) is 0 Å². The average Bonchev–Trinajstić information content (AvgIpc) is 2.54. The van der Waals surface area contributed by atoms with Crippen LogP contribution in [0.2, 0.25) is 0 Å². The lowest BCUT2D eigenvalue weighted by molar-refractivity contribution is -0.182. The Morgan fingerprint density at radius 2 is 1.80 bits per heavy atom. The highest BCUT2D eigenvalue weighted by molar-refractivity contribution is 6.09. The van der Waals surface area contributed by atoms with Gasteiger partial charge in [0.2, 0.25) is 0 Å². The highest BCUT2D eigenvalue weighted by Crippen LogP contribution is 2.31. The van der Waals surface area contributed by atoms with Crippen LogP contribution in [0.15, 0.2) is 41.6 Å². The molecule has 1 heterocycles. The van der Waals surface area contributed by atoms with Crippen LogP contribution in [-0.2, 0) is 9.47 Å². The van der Waals surface area contributed by atoms with Gasteiger partial charge in [0.05, 0.1) is 13.2 Å². The minimum Gasteiger partial charge on any atom is -0.409 e. The van der Waals surface area contributed by atoms with Crippen LogP contribution >= 0.6 is 0 Å². The highest BCUT2D eigenvalue weighted by atomic mass is 16.7. The monoisotopic (exact) mass is 272 g/mol. The normalized spacial score (nSPS) is 17.5. The quantitative estimate of drug-likeness (QED) is 0.381. The molecule has 0 aliphatic carbocycles. The van der Waals surface area contributed by atoms with Crippen molar-refractivity contribution in [1.82, 2.24) is 0 Å². The molecule has 2 aromatic carbocycles. The molecule has 3 N–H and O–H groups in total. The molecule has 0 radical (unpaired) electrons. The Kier molecular flexibility index (Phi) is 3.54. The topological polar surface area (TPSA) is 77.1 Å². The van der Waals surface area contributed by atoms with Gasteiger partial charge in [0.15, 0.2) is 12.1 Å². The summed E-state index contributed by atoms with van der Waals surface area (Å²) in [5.41, 5.74) is 7.39. The van der Waals surface area contributed by atoms with Gasteiger partial charge in [0.25, 0.3) is 0 Å². The number of nitrogens with two attached hydrogens (primary N) is 1. The van der Waals surface area contributed by atoms with Crippen molar-refractivity contribution < 1.29 is 14.7 Å². The molecule has 1 aliphatic rings. The third-order valence-corrected chi connectivity index (χ3v) is 3.42. The summed E-state index contributed by atoms with van der Waals surface area (Å²) in [5, 5.41) is 13.9. The first kappa shape index (κ1) is 12.9. The number of hydrogen-bond acceptors (Lipinski definition) is 4. The van der Waals surface area contributed by atoms with Gasteiger partial charge in [-0.2, -0.15) is 0 Å². The molecule has 104 valence electrons. The van der Waals surface area contributed by atoms with Gasteiger partial charge >= 0.3 is 0 Å². The molecule has 0 atom stereocenters. The zero-order valence-electron chi connectivity index (χ0n) is 11.0. The number of hydrogen-bond donors (Lipinski definition) is 2. The van der Waals surface area contributed by atoms with E-state index in [1.54, 1.807) is 0 Å². The Morgan fingerprint density at radius 3 is 2.50 bits per heavy atom. The van der Waals surface area contributed by atoms with Gasteiger partial charge in [0.1, 0.15) is 0 Å². The number of amidine groups is 1.